The van der Waals surface area contributed by atoms with Crippen molar-refractivity contribution in [1.29, 1.82) is 10.8 Å². The number of aliphatic hydroxyl groups excluding tert-OH is 1. The first-order chi connectivity index (χ1) is 11.4. The number of benzene rings is 2. The first kappa shape index (κ1) is 17.3. The van der Waals surface area contributed by atoms with Crippen LogP contribution in [0.15, 0.2) is 48.5 Å². The van der Waals surface area contributed by atoms with E-state index in [-0.39, 0.29) is 11.7 Å². The Hall–Kier alpha value is -3.06. The SMILES string of the molecule is CC(O)C(Oc1ccc(C(=N)N)cc1)Oc1ccc(C(=N)N)cc1. The molecular formula is C17H20N4O3. The summed E-state index contributed by atoms with van der Waals surface area (Å²) in [6, 6.07) is 13.2. The van der Waals surface area contributed by atoms with Crippen molar-refractivity contribution in [2.75, 3.05) is 0 Å². The van der Waals surface area contributed by atoms with E-state index < -0.39 is 12.4 Å². The number of nitrogen functional groups attached to an aromatic ring is 2. The standard InChI is InChI=1S/C17H20N4O3/c1-10(22)17(23-13-6-2-11(3-7-13)15(18)19)24-14-8-4-12(5-9-14)16(20)21/h2-10,17,22H,1H3,(H3,18,19)(H3,20,21). The third-order valence-corrected chi connectivity index (χ3v) is 3.23. The van der Waals surface area contributed by atoms with Gasteiger partial charge in [-0.25, -0.2) is 0 Å². The molecule has 0 aliphatic heterocycles. The molecule has 7 N–H and O–H groups in total. The molecule has 0 saturated heterocycles. The van der Waals surface area contributed by atoms with Crippen molar-refractivity contribution in [3.05, 3.63) is 59.7 Å². The summed E-state index contributed by atoms with van der Waals surface area (Å²) in [7, 11) is 0. The van der Waals surface area contributed by atoms with Gasteiger partial charge in [0.25, 0.3) is 6.29 Å². The second-order valence-corrected chi connectivity index (χ2v) is 5.22. The minimum atomic E-state index is -0.920. The van der Waals surface area contributed by atoms with Crippen LogP contribution in [0.2, 0.25) is 0 Å². The molecule has 126 valence electrons. The van der Waals surface area contributed by atoms with E-state index in [0.717, 1.165) is 0 Å². The highest BCUT2D eigenvalue weighted by Crippen LogP contribution is 2.19. The Bertz CT molecular complexity index is 652. The number of hydrogen-bond donors (Lipinski definition) is 5. The van der Waals surface area contributed by atoms with Crippen LogP contribution in [0, 0.1) is 10.8 Å². The van der Waals surface area contributed by atoms with Gasteiger partial charge < -0.3 is 26.0 Å². The molecule has 0 spiro atoms. The molecule has 1 unspecified atom stereocenters. The van der Waals surface area contributed by atoms with E-state index in [1.54, 1.807) is 55.5 Å². The molecule has 0 radical (unpaired) electrons. The van der Waals surface area contributed by atoms with Gasteiger partial charge in [-0.15, -0.1) is 0 Å². The number of nitrogens with one attached hydrogen (secondary N) is 2. The van der Waals surface area contributed by atoms with Gasteiger partial charge >= 0.3 is 0 Å². The minimum Gasteiger partial charge on any atom is -0.452 e. The Balaban J connectivity index is 2.08. The van der Waals surface area contributed by atoms with E-state index >= 15 is 0 Å². The molecular weight excluding hydrogens is 308 g/mol. The van der Waals surface area contributed by atoms with E-state index in [1.807, 2.05) is 0 Å². The number of amidine groups is 2. The van der Waals surface area contributed by atoms with Crippen molar-refractivity contribution in [3.8, 4) is 11.5 Å². The maximum absolute atomic E-state index is 9.86. The van der Waals surface area contributed by atoms with Crippen molar-refractivity contribution in [1.82, 2.24) is 0 Å². The zero-order valence-electron chi connectivity index (χ0n) is 13.2. The first-order valence-electron chi connectivity index (χ1n) is 7.27. The first-order valence-corrected chi connectivity index (χ1v) is 7.27. The molecule has 0 fully saturated rings. The summed E-state index contributed by atoms with van der Waals surface area (Å²) in [5.74, 6) is 0.892. The summed E-state index contributed by atoms with van der Waals surface area (Å²) >= 11 is 0. The van der Waals surface area contributed by atoms with Crippen LogP contribution in [0.5, 0.6) is 11.5 Å². The van der Waals surface area contributed by atoms with Crippen molar-refractivity contribution >= 4 is 11.7 Å². The third kappa shape index (κ3) is 4.47. The van der Waals surface area contributed by atoms with Gasteiger partial charge in [0.1, 0.15) is 29.3 Å². The summed E-state index contributed by atoms with van der Waals surface area (Å²) in [4.78, 5) is 0. The summed E-state index contributed by atoms with van der Waals surface area (Å²) < 4.78 is 11.3. The van der Waals surface area contributed by atoms with E-state index in [0.29, 0.717) is 22.6 Å². The topological polar surface area (TPSA) is 138 Å². The van der Waals surface area contributed by atoms with Crippen molar-refractivity contribution in [2.24, 2.45) is 11.5 Å². The highest BCUT2D eigenvalue weighted by atomic mass is 16.7. The zero-order valence-corrected chi connectivity index (χ0v) is 13.2. The molecule has 7 nitrogen and oxygen atoms in total. The van der Waals surface area contributed by atoms with Crippen LogP contribution in [0.25, 0.3) is 0 Å². The van der Waals surface area contributed by atoms with Gasteiger partial charge in [0.15, 0.2) is 0 Å². The summed E-state index contributed by atoms with van der Waals surface area (Å²) in [6.07, 6.45) is -1.80. The lowest BCUT2D eigenvalue weighted by molar-refractivity contribution is -0.0777. The Kier molecular flexibility index (Phi) is 5.39. The predicted octanol–water partition coefficient (Wildman–Crippen LogP) is 1.42. The molecule has 0 aliphatic rings. The lowest BCUT2D eigenvalue weighted by atomic mass is 10.2. The summed E-state index contributed by atoms with van der Waals surface area (Å²) in [6.45, 7) is 1.55. The third-order valence-electron chi connectivity index (χ3n) is 3.23. The molecule has 0 bridgehead atoms. The Morgan fingerprint density at radius 2 is 1.17 bits per heavy atom. The highest BCUT2D eigenvalue weighted by molar-refractivity contribution is 5.95. The van der Waals surface area contributed by atoms with Crippen LogP contribution in [-0.2, 0) is 0 Å². The molecule has 2 aromatic rings. The molecule has 0 saturated carbocycles. The Labute approximate surface area is 139 Å². The van der Waals surface area contributed by atoms with E-state index in [4.69, 9.17) is 31.8 Å². The minimum absolute atomic E-state index is 0.0320. The molecule has 0 aromatic heterocycles. The number of rotatable bonds is 7. The second kappa shape index (κ2) is 7.47. The molecule has 7 heteroatoms. The highest BCUT2D eigenvalue weighted by Gasteiger charge is 2.19. The van der Waals surface area contributed by atoms with Crippen molar-refractivity contribution < 1.29 is 14.6 Å². The predicted molar refractivity (Wildman–Crippen MR) is 91.6 cm³/mol. The molecule has 1 atom stereocenters. The van der Waals surface area contributed by atoms with Crippen molar-refractivity contribution in [2.45, 2.75) is 19.3 Å². The largest absolute Gasteiger partial charge is 0.452 e. The maximum Gasteiger partial charge on any atom is 0.266 e. The maximum atomic E-state index is 9.86. The fourth-order valence-electron chi connectivity index (χ4n) is 1.92. The smallest absolute Gasteiger partial charge is 0.266 e. The lowest BCUT2D eigenvalue weighted by Gasteiger charge is -2.23. The fourth-order valence-corrected chi connectivity index (χ4v) is 1.92. The van der Waals surface area contributed by atoms with Crippen LogP contribution in [0.4, 0.5) is 0 Å². The zero-order chi connectivity index (χ0) is 17.7. The number of nitrogens with two attached hydrogens (primary N) is 2. The summed E-state index contributed by atoms with van der Waals surface area (Å²) in [5, 5.41) is 24.6. The number of ether oxygens (including phenoxy) is 2. The van der Waals surface area contributed by atoms with Gasteiger partial charge in [0.2, 0.25) is 0 Å². The van der Waals surface area contributed by atoms with Gasteiger partial charge in [0.05, 0.1) is 0 Å². The molecule has 24 heavy (non-hydrogen) atoms. The Morgan fingerprint density at radius 1 is 0.833 bits per heavy atom. The van der Waals surface area contributed by atoms with Crippen LogP contribution in [-0.4, -0.2) is 29.2 Å². The Morgan fingerprint density at radius 3 is 1.42 bits per heavy atom. The molecule has 2 rings (SSSR count). The quantitative estimate of drug-likeness (QED) is 0.297. The molecule has 0 aliphatic carbocycles. The number of aliphatic hydroxyl groups is 1. The molecule has 0 amide bonds. The van der Waals surface area contributed by atoms with Crippen LogP contribution < -0.4 is 20.9 Å². The second-order valence-electron chi connectivity index (χ2n) is 5.22. The van der Waals surface area contributed by atoms with Crippen molar-refractivity contribution in [3.63, 3.8) is 0 Å². The normalized spacial score (nSPS) is 12.9. The van der Waals surface area contributed by atoms with Gasteiger partial charge in [-0.1, -0.05) is 0 Å². The van der Waals surface area contributed by atoms with Gasteiger partial charge in [-0.3, -0.25) is 10.8 Å². The van der Waals surface area contributed by atoms with Gasteiger partial charge in [-0.05, 0) is 55.5 Å². The fraction of sp³-hybridized carbons (Fsp3) is 0.176. The lowest BCUT2D eigenvalue weighted by Crippen LogP contribution is -2.35. The molecule has 2 aromatic carbocycles. The number of hydrogen-bond acceptors (Lipinski definition) is 5. The van der Waals surface area contributed by atoms with Crippen LogP contribution >= 0.6 is 0 Å². The van der Waals surface area contributed by atoms with Gasteiger partial charge in [-0.2, -0.15) is 0 Å². The average molecular weight is 328 g/mol. The monoisotopic (exact) mass is 328 g/mol. The van der Waals surface area contributed by atoms with E-state index in [9.17, 15) is 5.11 Å². The summed E-state index contributed by atoms with van der Waals surface area (Å²) in [5.41, 5.74) is 12.0. The van der Waals surface area contributed by atoms with E-state index in [2.05, 4.69) is 0 Å². The van der Waals surface area contributed by atoms with Crippen LogP contribution in [0.3, 0.4) is 0 Å². The van der Waals surface area contributed by atoms with Gasteiger partial charge in [0, 0.05) is 11.1 Å². The van der Waals surface area contributed by atoms with Crippen LogP contribution in [0.1, 0.15) is 18.1 Å². The molecule has 0 heterocycles. The van der Waals surface area contributed by atoms with E-state index in [1.165, 1.54) is 0 Å². The average Bonchev–Trinajstić information content (AvgIpc) is 2.55.